The maximum Gasteiger partial charge on any atom is 0.387 e. The van der Waals surface area contributed by atoms with Gasteiger partial charge in [-0.2, -0.15) is 8.78 Å². The summed E-state index contributed by atoms with van der Waals surface area (Å²) in [7, 11) is 0. The van der Waals surface area contributed by atoms with Gasteiger partial charge in [0.15, 0.2) is 0 Å². The van der Waals surface area contributed by atoms with E-state index in [1.165, 1.54) is 12.1 Å². The van der Waals surface area contributed by atoms with Crippen LogP contribution in [-0.4, -0.2) is 38.3 Å². The molecule has 0 aromatic heterocycles. The van der Waals surface area contributed by atoms with Crippen LogP contribution in [0.3, 0.4) is 0 Å². The first kappa shape index (κ1) is 20.2. The van der Waals surface area contributed by atoms with E-state index < -0.39 is 12.7 Å². The Labute approximate surface area is 148 Å². The number of rotatable bonds is 5. The van der Waals surface area contributed by atoms with Crippen molar-refractivity contribution in [3.63, 3.8) is 0 Å². The van der Waals surface area contributed by atoms with Gasteiger partial charge in [0.1, 0.15) is 11.9 Å². The number of nitrogens with one attached hydrogen (secondary N) is 2. The van der Waals surface area contributed by atoms with Crippen molar-refractivity contribution >= 4 is 41.5 Å². The average molecular weight is 392 g/mol. The second kappa shape index (κ2) is 9.44. The maximum absolute atomic E-state index is 12.4. The molecule has 0 bridgehead atoms. The highest BCUT2D eigenvalue weighted by molar-refractivity contribution is 6.35. The summed E-state index contributed by atoms with van der Waals surface area (Å²) in [6, 6.07) is 2.70. The number of amides is 1. The summed E-state index contributed by atoms with van der Waals surface area (Å²) in [4.78, 5) is 11.9. The fourth-order valence-corrected chi connectivity index (χ4v) is 2.58. The minimum atomic E-state index is -3.03. The second-order valence-electron chi connectivity index (χ2n) is 4.54. The first-order chi connectivity index (χ1) is 10.5. The van der Waals surface area contributed by atoms with E-state index in [9.17, 15) is 13.6 Å². The Bertz CT molecular complexity index is 543. The van der Waals surface area contributed by atoms with E-state index in [-0.39, 0.29) is 46.2 Å². The molecule has 2 N–H and O–H groups in total. The summed E-state index contributed by atoms with van der Waals surface area (Å²) in [5, 5.41) is 5.82. The maximum atomic E-state index is 12.4. The number of halogens is 5. The van der Waals surface area contributed by atoms with E-state index in [2.05, 4.69) is 15.4 Å². The van der Waals surface area contributed by atoms with Crippen LogP contribution in [0.4, 0.5) is 8.78 Å². The number of ether oxygens (including phenoxy) is 2. The van der Waals surface area contributed by atoms with Crippen LogP contribution in [0.25, 0.3) is 0 Å². The molecule has 5 nitrogen and oxygen atoms in total. The smallest absolute Gasteiger partial charge is 0.387 e. The molecule has 1 fully saturated rings. The van der Waals surface area contributed by atoms with E-state index in [1.54, 1.807) is 0 Å². The molecule has 1 heterocycles. The number of alkyl halides is 2. The highest BCUT2D eigenvalue weighted by atomic mass is 35.5. The number of hydrogen-bond acceptors (Lipinski definition) is 4. The Morgan fingerprint density at radius 1 is 1.48 bits per heavy atom. The number of benzene rings is 1. The molecule has 0 aliphatic carbocycles. The first-order valence-electron chi connectivity index (χ1n) is 6.50. The summed E-state index contributed by atoms with van der Waals surface area (Å²) in [6.45, 7) is -1.58. The summed E-state index contributed by atoms with van der Waals surface area (Å²) in [5.41, 5.74) is 0.259. The number of morpholine rings is 1. The van der Waals surface area contributed by atoms with E-state index in [0.717, 1.165) is 0 Å². The number of hydrogen-bond donors (Lipinski definition) is 2. The molecule has 1 atom stereocenters. The third-order valence-corrected chi connectivity index (χ3v) is 3.46. The Kier molecular flexibility index (Phi) is 8.28. The monoisotopic (exact) mass is 390 g/mol. The van der Waals surface area contributed by atoms with Gasteiger partial charge in [-0.05, 0) is 12.1 Å². The summed E-state index contributed by atoms with van der Waals surface area (Å²) in [5.74, 6) is -0.560. The third kappa shape index (κ3) is 5.93. The fraction of sp³-hybridized carbons (Fsp3) is 0.462. The van der Waals surface area contributed by atoms with Gasteiger partial charge in [-0.25, -0.2) is 0 Å². The van der Waals surface area contributed by atoms with E-state index in [1.807, 2.05) is 0 Å². The van der Waals surface area contributed by atoms with Crippen LogP contribution < -0.4 is 15.4 Å². The van der Waals surface area contributed by atoms with Gasteiger partial charge in [-0.3, -0.25) is 4.79 Å². The molecule has 0 spiro atoms. The molecule has 0 saturated carbocycles. The molecule has 1 aliphatic heterocycles. The first-order valence-corrected chi connectivity index (χ1v) is 7.25. The summed E-state index contributed by atoms with van der Waals surface area (Å²) < 4.78 is 34.6. The Balaban J connectivity index is 0.00000264. The quantitative estimate of drug-likeness (QED) is 0.810. The van der Waals surface area contributed by atoms with E-state index in [4.69, 9.17) is 27.9 Å². The SMILES string of the molecule is Cl.O=C(NCc1cc(Cl)cc(Cl)c1OC(F)F)C1CNCCO1. The Hall–Kier alpha value is -0.860. The zero-order valence-corrected chi connectivity index (χ0v) is 14.1. The molecule has 0 radical (unpaired) electrons. The van der Waals surface area contributed by atoms with Gasteiger partial charge in [-0.1, -0.05) is 23.2 Å². The molecular weight excluding hydrogens is 377 g/mol. The van der Waals surface area contributed by atoms with Gasteiger partial charge in [0.2, 0.25) is 0 Å². The lowest BCUT2D eigenvalue weighted by Gasteiger charge is -2.23. The Morgan fingerprint density at radius 2 is 2.22 bits per heavy atom. The van der Waals surface area contributed by atoms with Crippen LogP contribution in [0.5, 0.6) is 5.75 Å². The molecule has 23 heavy (non-hydrogen) atoms. The summed E-state index contributed by atoms with van der Waals surface area (Å²) in [6.07, 6.45) is -0.622. The summed E-state index contributed by atoms with van der Waals surface area (Å²) >= 11 is 11.7. The minimum Gasteiger partial charge on any atom is -0.433 e. The predicted molar refractivity (Wildman–Crippen MR) is 84.8 cm³/mol. The van der Waals surface area contributed by atoms with Crippen molar-refractivity contribution < 1.29 is 23.0 Å². The topological polar surface area (TPSA) is 59.6 Å². The van der Waals surface area contributed by atoms with Crippen LogP contribution >= 0.6 is 35.6 Å². The van der Waals surface area contributed by atoms with E-state index >= 15 is 0 Å². The van der Waals surface area contributed by atoms with Crippen molar-refractivity contribution in [2.45, 2.75) is 19.3 Å². The lowest BCUT2D eigenvalue weighted by molar-refractivity contribution is -0.134. The van der Waals surface area contributed by atoms with Gasteiger partial charge in [-0.15, -0.1) is 12.4 Å². The zero-order valence-electron chi connectivity index (χ0n) is 11.8. The molecule has 1 aromatic rings. The molecule has 130 valence electrons. The highest BCUT2D eigenvalue weighted by Gasteiger charge is 2.22. The van der Waals surface area contributed by atoms with E-state index in [0.29, 0.717) is 19.7 Å². The van der Waals surface area contributed by atoms with Gasteiger partial charge >= 0.3 is 6.61 Å². The molecule has 1 saturated heterocycles. The van der Waals surface area contributed by atoms with Crippen LogP contribution in [0.2, 0.25) is 10.0 Å². The molecular formula is C13H15Cl3F2N2O3. The number of carbonyl (C=O) groups is 1. The second-order valence-corrected chi connectivity index (χ2v) is 5.38. The van der Waals surface area contributed by atoms with Crippen LogP contribution in [-0.2, 0) is 16.1 Å². The lowest BCUT2D eigenvalue weighted by Crippen LogP contribution is -2.47. The van der Waals surface area contributed by atoms with Crippen LogP contribution in [0.15, 0.2) is 12.1 Å². The molecule has 1 unspecified atom stereocenters. The normalized spacial score (nSPS) is 17.5. The Morgan fingerprint density at radius 3 is 2.83 bits per heavy atom. The fourth-order valence-electron chi connectivity index (χ4n) is 2.00. The molecule has 2 rings (SSSR count). The van der Waals surface area contributed by atoms with Gasteiger partial charge in [0, 0.05) is 30.2 Å². The minimum absolute atomic E-state index is 0. The van der Waals surface area contributed by atoms with Crippen molar-refractivity contribution in [1.82, 2.24) is 10.6 Å². The van der Waals surface area contributed by atoms with Crippen molar-refractivity contribution in [2.24, 2.45) is 0 Å². The predicted octanol–water partition coefficient (Wildman–Crippen LogP) is 2.62. The largest absolute Gasteiger partial charge is 0.433 e. The molecule has 1 aliphatic rings. The van der Waals surface area contributed by atoms with Gasteiger partial charge in [0.25, 0.3) is 5.91 Å². The van der Waals surface area contributed by atoms with Crippen molar-refractivity contribution in [1.29, 1.82) is 0 Å². The molecule has 1 aromatic carbocycles. The van der Waals surface area contributed by atoms with Gasteiger partial charge < -0.3 is 20.1 Å². The molecule has 1 amide bonds. The van der Waals surface area contributed by atoms with Gasteiger partial charge in [0.05, 0.1) is 11.6 Å². The lowest BCUT2D eigenvalue weighted by atomic mass is 10.2. The standard InChI is InChI=1S/C13H14Cl2F2N2O3.ClH/c14-8-3-7(11(9(15)4-8)22-13(16)17)5-19-12(20)10-6-18-1-2-21-10;/h3-4,10,13,18H,1-2,5-6H2,(H,19,20);1H. The number of carbonyl (C=O) groups excluding carboxylic acids is 1. The third-order valence-electron chi connectivity index (χ3n) is 2.97. The molecule has 10 heteroatoms. The highest BCUT2D eigenvalue weighted by Crippen LogP contribution is 2.33. The zero-order chi connectivity index (χ0) is 16.1. The van der Waals surface area contributed by atoms with Crippen molar-refractivity contribution in [2.75, 3.05) is 19.7 Å². The van der Waals surface area contributed by atoms with Crippen molar-refractivity contribution in [3.8, 4) is 5.75 Å². The van der Waals surface area contributed by atoms with Crippen LogP contribution in [0, 0.1) is 0 Å². The van der Waals surface area contributed by atoms with Crippen molar-refractivity contribution in [3.05, 3.63) is 27.7 Å². The average Bonchev–Trinajstić information content (AvgIpc) is 2.48. The van der Waals surface area contributed by atoms with Crippen LogP contribution in [0.1, 0.15) is 5.56 Å².